The largest absolute Gasteiger partial charge is 0.388 e. The Labute approximate surface area is 183 Å². The predicted octanol–water partition coefficient (Wildman–Crippen LogP) is 5.43. The second-order valence-corrected chi connectivity index (χ2v) is 10.6. The maximum Gasteiger partial charge on any atom is 0.223 e. The fourth-order valence-corrected chi connectivity index (χ4v) is 5.85. The second-order valence-electron chi connectivity index (χ2n) is 10.6. The van der Waals surface area contributed by atoms with Gasteiger partial charge in [-0.3, -0.25) is 9.59 Å². The minimum absolute atomic E-state index is 0.0800. The van der Waals surface area contributed by atoms with Gasteiger partial charge in [0.25, 0.3) is 0 Å². The number of nitrogens with zero attached hydrogens (tertiary/aromatic N) is 1. The van der Waals surface area contributed by atoms with E-state index in [0.717, 1.165) is 50.6 Å². The van der Waals surface area contributed by atoms with Crippen molar-refractivity contribution in [1.29, 1.82) is 0 Å². The molecule has 1 heterocycles. The molecule has 4 nitrogen and oxygen atoms in total. The highest BCUT2D eigenvalue weighted by Gasteiger charge is 2.36. The van der Waals surface area contributed by atoms with E-state index in [2.05, 4.69) is 19.9 Å². The van der Waals surface area contributed by atoms with Crippen molar-refractivity contribution in [1.82, 2.24) is 4.90 Å². The summed E-state index contributed by atoms with van der Waals surface area (Å²) in [6.45, 7) is 5.38. The number of Topliss-reactive ketones (excluding diaryl/α,β-unsaturated/α-hetero) is 1. The molecule has 3 atom stereocenters. The van der Waals surface area contributed by atoms with E-state index in [1.54, 1.807) is 0 Å². The Hall–Kier alpha value is -1.16. The number of ketones is 1. The van der Waals surface area contributed by atoms with Crippen molar-refractivity contribution in [2.75, 3.05) is 13.1 Å². The maximum atomic E-state index is 13.3. The van der Waals surface area contributed by atoms with Crippen LogP contribution in [0.3, 0.4) is 0 Å². The number of likely N-dealkylation sites (tertiary alicyclic amines) is 1. The molecule has 3 aliphatic rings. The fraction of sp³-hybridized carbons (Fsp3) is 0.846. The molecule has 1 aliphatic heterocycles. The molecule has 3 rings (SSSR count). The number of hydrogen-bond donors (Lipinski definition) is 1. The summed E-state index contributed by atoms with van der Waals surface area (Å²) < 4.78 is 0. The van der Waals surface area contributed by atoms with E-state index in [0.29, 0.717) is 43.4 Å². The summed E-state index contributed by atoms with van der Waals surface area (Å²) in [7, 11) is 0. The first kappa shape index (κ1) is 23.5. The van der Waals surface area contributed by atoms with Gasteiger partial charge in [-0.2, -0.15) is 0 Å². The fourth-order valence-electron chi connectivity index (χ4n) is 5.85. The zero-order chi connectivity index (χ0) is 21.6. The van der Waals surface area contributed by atoms with Gasteiger partial charge in [-0.05, 0) is 55.9 Å². The van der Waals surface area contributed by atoms with Crippen molar-refractivity contribution in [2.45, 2.75) is 109 Å². The number of carbonyl (C=O) groups excluding carboxylic acids is 2. The summed E-state index contributed by atoms with van der Waals surface area (Å²) in [5.41, 5.74) is 0.0583. The number of aliphatic hydroxyl groups is 1. The Balaban J connectivity index is 1.62. The Morgan fingerprint density at radius 3 is 2.60 bits per heavy atom. The van der Waals surface area contributed by atoms with Crippen molar-refractivity contribution in [3.8, 4) is 0 Å². The van der Waals surface area contributed by atoms with E-state index in [4.69, 9.17) is 0 Å². The molecule has 0 radical (unpaired) electrons. The highest BCUT2D eigenvalue weighted by atomic mass is 16.3. The van der Waals surface area contributed by atoms with Crippen LogP contribution in [-0.4, -0.2) is 40.4 Å². The second kappa shape index (κ2) is 10.9. The molecule has 0 spiro atoms. The minimum atomic E-state index is -0.872. The van der Waals surface area contributed by atoms with Gasteiger partial charge >= 0.3 is 0 Å². The molecule has 0 unspecified atom stereocenters. The smallest absolute Gasteiger partial charge is 0.223 e. The number of amides is 1. The van der Waals surface area contributed by atoms with Crippen LogP contribution in [-0.2, 0) is 9.59 Å². The van der Waals surface area contributed by atoms with Crippen molar-refractivity contribution < 1.29 is 14.7 Å². The van der Waals surface area contributed by atoms with Crippen LogP contribution in [0.4, 0.5) is 0 Å². The summed E-state index contributed by atoms with van der Waals surface area (Å²) in [6.07, 6.45) is 16.4. The third-order valence-corrected chi connectivity index (χ3v) is 7.67. The molecule has 30 heavy (non-hydrogen) atoms. The van der Waals surface area contributed by atoms with Crippen molar-refractivity contribution in [3.63, 3.8) is 0 Å². The Bertz CT molecular complexity index is 622. The van der Waals surface area contributed by atoms with Gasteiger partial charge in [0.05, 0.1) is 5.60 Å². The SMILES string of the molecule is C[C@H]1CC(=O)N(C[C@@]2(O)CCCCC/C=C(/C(=O)[C@H](C)CC3CCCCC3)CC2)C1. The van der Waals surface area contributed by atoms with Gasteiger partial charge < -0.3 is 10.0 Å². The van der Waals surface area contributed by atoms with Crippen molar-refractivity contribution >= 4 is 11.7 Å². The first-order chi connectivity index (χ1) is 14.4. The Morgan fingerprint density at radius 2 is 1.90 bits per heavy atom. The van der Waals surface area contributed by atoms with Crippen LogP contribution < -0.4 is 0 Å². The lowest BCUT2D eigenvalue weighted by molar-refractivity contribution is -0.131. The van der Waals surface area contributed by atoms with Gasteiger partial charge in [-0.15, -0.1) is 0 Å². The van der Waals surface area contributed by atoms with E-state index in [1.807, 2.05) is 4.90 Å². The summed E-state index contributed by atoms with van der Waals surface area (Å²) in [6, 6.07) is 0. The molecule has 1 amide bonds. The zero-order valence-corrected chi connectivity index (χ0v) is 19.3. The lowest BCUT2D eigenvalue weighted by Crippen LogP contribution is -2.44. The Morgan fingerprint density at radius 1 is 1.17 bits per heavy atom. The Kier molecular flexibility index (Phi) is 8.56. The highest BCUT2D eigenvalue weighted by Crippen LogP contribution is 2.33. The molecule has 170 valence electrons. The molecule has 0 aromatic heterocycles. The van der Waals surface area contributed by atoms with Crippen LogP contribution in [0.15, 0.2) is 11.6 Å². The van der Waals surface area contributed by atoms with Crippen LogP contribution in [0, 0.1) is 17.8 Å². The average Bonchev–Trinajstić information content (AvgIpc) is 3.03. The highest BCUT2D eigenvalue weighted by molar-refractivity contribution is 5.96. The van der Waals surface area contributed by atoms with Crippen LogP contribution in [0.1, 0.15) is 104 Å². The lowest BCUT2D eigenvalue weighted by Gasteiger charge is -2.34. The third kappa shape index (κ3) is 6.67. The number of β-amino-alcohol motifs (C(OH)–C–C–N with tert-alkyl or cyclic N) is 1. The van der Waals surface area contributed by atoms with E-state index in [1.165, 1.54) is 32.1 Å². The van der Waals surface area contributed by atoms with E-state index >= 15 is 0 Å². The number of allylic oxidation sites excluding steroid dienone is 2. The standard InChI is InChI=1S/C26H43NO3/c1-20-16-24(28)27(18-20)19-26(30)14-9-4-3-8-12-23(13-15-26)25(29)21(2)17-22-10-6-5-7-11-22/h12,20-22,30H,3-11,13-19H2,1-2H3/b23-12+/t20-,21+,26+/m0/s1. The van der Waals surface area contributed by atoms with Gasteiger partial charge in [0.15, 0.2) is 5.78 Å². The molecule has 2 aliphatic carbocycles. The van der Waals surface area contributed by atoms with E-state index in [9.17, 15) is 14.7 Å². The molecular formula is C26H43NO3. The number of rotatable bonds is 6. The van der Waals surface area contributed by atoms with Gasteiger partial charge in [0, 0.05) is 25.4 Å². The van der Waals surface area contributed by atoms with Gasteiger partial charge in [0.1, 0.15) is 0 Å². The maximum absolute atomic E-state index is 13.3. The molecule has 0 bridgehead atoms. The average molecular weight is 418 g/mol. The summed E-state index contributed by atoms with van der Waals surface area (Å²) in [5.74, 6) is 1.63. The normalized spacial score (nSPS) is 32.5. The zero-order valence-electron chi connectivity index (χ0n) is 19.3. The molecule has 4 heteroatoms. The van der Waals surface area contributed by atoms with Crippen LogP contribution >= 0.6 is 0 Å². The van der Waals surface area contributed by atoms with E-state index < -0.39 is 5.60 Å². The molecule has 1 N–H and O–H groups in total. The van der Waals surface area contributed by atoms with Crippen molar-refractivity contribution in [2.24, 2.45) is 17.8 Å². The van der Waals surface area contributed by atoms with Crippen molar-refractivity contribution in [3.05, 3.63) is 11.6 Å². The molecule has 2 fully saturated rings. The summed E-state index contributed by atoms with van der Waals surface area (Å²) in [4.78, 5) is 27.4. The van der Waals surface area contributed by atoms with Crippen LogP contribution in [0.2, 0.25) is 0 Å². The first-order valence-electron chi connectivity index (χ1n) is 12.6. The summed E-state index contributed by atoms with van der Waals surface area (Å²) >= 11 is 0. The molecule has 1 saturated heterocycles. The minimum Gasteiger partial charge on any atom is -0.388 e. The molecule has 0 aromatic rings. The topological polar surface area (TPSA) is 57.6 Å². The van der Waals surface area contributed by atoms with Crippen LogP contribution in [0.5, 0.6) is 0 Å². The predicted molar refractivity (Wildman–Crippen MR) is 121 cm³/mol. The van der Waals surface area contributed by atoms with Gasteiger partial charge in [-0.1, -0.05) is 64.9 Å². The van der Waals surface area contributed by atoms with E-state index in [-0.39, 0.29) is 11.8 Å². The molecule has 1 saturated carbocycles. The lowest BCUT2D eigenvalue weighted by atomic mass is 9.79. The number of carbonyl (C=O) groups is 2. The first-order valence-corrected chi connectivity index (χ1v) is 12.6. The quantitative estimate of drug-likeness (QED) is 0.627. The molecular weight excluding hydrogens is 374 g/mol. The number of hydrogen-bond acceptors (Lipinski definition) is 3. The van der Waals surface area contributed by atoms with Gasteiger partial charge in [0.2, 0.25) is 5.91 Å². The third-order valence-electron chi connectivity index (χ3n) is 7.67. The summed E-state index contributed by atoms with van der Waals surface area (Å²) in [5, 5.41) is 11.4. The van der Waals surface area contributed by atoms with Crippen LogP contribution in [0.25, 0.3) is 0 Å². The van der Waals surface area contributed by atoms with Gasteiger partial charge in [-0.25, -0.2) is 0 Å². The monoisotopic (exact) mass is 417 g/mol. The molecule has 0 aromatic carbocycles.